The summed E-state index contributed by atoms with van der Waals surface area (Å²) in [5, 5.41) is 9.87. The van der Waals surface area contributed by atoms with Crippen molar-refractivity contribution >= 4 is 17.2 Å². The Morgan fingerprint density at radius 3 is 3.00 bits per heavy atom. The van der Waals surface area contributed by atoms with E-state index in [0.29, 0.717) is 11.3 Å². The third-order valence-corrected chi connectivity index (χ3v) is 2.82. The van der Waals surface area contributed by atoms with E-state index in [0.717, 1.165) is 30.9 Å². The lowest BCUT2D eigenvalue weighted by atomic mass is 10.1. The summed E-state index contributed by atoms with van der Waals surface area (Å²) in [5.74, 6) is 0.853. The van der Waals surface area contributed by atoms with Gasteiger partial charge in [0.1, 0.15) is 12.2 Å². The quantitative estimate of drug-likeness (QED) is 0.416. The van der Waals surface area contributed by atoms with Crippen LogP contribution in [0.25, 0.3) is 0 Å². The Bertz CT molecular complexity index is 550. The molecule has 0 radical (unpaired) electrons. The van der Waals surface area contributed by atoms with E-state index in [-0.39, 0.29) is 5.78 Å². The largest absolute Gasteiger partial charge is 0.398 e. The van der Waals surface area contributed by atoms with Crippen LogP contribution in [-0.2, 0) is 6.42 Å². The van der Waals surface area contributed by atoms with Gasteiger partial charge in [0.15, 0.2) is 5.78 Å². The molecule has 0 bridgehead atoms. The SMILES string of the molecule is CC(=O)c1cc(NCCCc2ncn[nH]2)ccc1N. The number of carbonyl (C=O) groups is 1. The molecule has 0 saturated carbocycles. The summed E-state index contributed by atoms with van der Waals surface area (Å²) in [7, 11) is 0. The number of nitrogens with zero attached hydrogens (tertiary/aromatic N) is 2. The fraction of sp³-hybridized carbons (Fsp3) is 0.308. The summed E-state index contributed by atoms with van der Waals surface area (Å²) in [5.41, 5.74) is 7.71. The van der Waals surface area contributed by atoms with Gasteiger partial charge in [0, 0.05) is 29.9 Å². The molecular weight excluding hydrogens is 242 g/mol. The summed E-state index contributed by atoms with van der Waals surface area (Å²) in [6.07, 6.45) is 3.26. The highest BCUT2D eigenvalue weighted by Crippen LogP contribution is 2.18. The molecule has 19 heavy (non-hydrogen) atoms. The molecule has 1 heterocycles. The molecule has 2 aromatic rings. The minimum atomic E-state index is -0.0252. The predicted octanol–water partition coefficient (Wildman–Crippen LogP) is 1.63. The molecule has 1 aromatic carbocycles. The second-order valence-corrected chi connectivity index (χ2v) is 4.32. The van der Waals surface area contributed by atoms with Crippen LogP contribution in [0.3, 0.4) is 0 Å². The summed E-state index contributed by atoms with van der Waals surface area (Å²) >= 11 is 0. The lowest BCUT2D eigenvalue weighted by molar-refractivity contribution is 0.101. The standard InChI is InChI=1S/C13H17N5O/c1-9(19)11-7-10(4-5-12(11)14)15-6-2-3-13-16-8-17-18-13/h4-5,7-8,15H,2-3,6,14H2,1H3,(H,16,17,18). The van der Waals surface area contributed by atoms with Crippen molar-refractivity contribution in [1.82, 2.24) is 15.2 Å². The maximum Gasteiger partial charge on any atom is 0.161 e. The highest BCUT2D eigenvalue weighted by molar-refractivity contribution is 5.99. The second-order valence-electron chi connectivity index (χ2n) is 4.32. The molecule has 6 heteroatoms. The van der Waals surface area contributed by atoms with Crippen LogP contribution in [0.4, 0.5) is 11.4 Å². The Labute approximate surface area is 111 Å². The van der Waals surface area contributed by atoms with Crippen LogP contribution in [0.2, 0.25) is 0 Å². The van der Waals surface area contributed by atoms with Crippen molar-refractivity contribution in [3.63, 3.8) is 0 Å². The van der Waals surface area contributed by atoms with Gasteiger partial charge in [-0.05, 0) is 31.5 Å². The Balaban J connectivity index is 1.86. The molecule has 4 N–H and O–H groups in total. The number of nitrogens with one attached hydrogen (secondary N) is 2. The molecular formula is C13H17N5O. The average Bonchev–Trinajstić information content (AvgIpc) is 2.89. The fourth-order valence-corrected chi connectivity index (χ4v) is 1.81. The van der Waals surface area contributed by atoms with Crippen LogP contribution in [-0.4, -0.2) is 27.5 Å². The lowest BCUT2D eigenvalue weighted by Crippen LogP contribution is -2.06. The van der Waals surface area contributed by atoms with Gasteiger partial charge in [-0.15, -0.1) is 0 Å². The van der Waals surface area contributed by atoms with Crippen molar-refractivity contribution in [3.8, 4) is 0 Å². The van der Waals surface area contributed by atoms with E-state index in [4.69, 9.17) is 5.73 Å². The highest BCUT2D eigenvalue weighted by Gasteiger charge is 2.05. The molecule has 0 unspecified atom stereocenters. The van der Waals surface area contributed by atoms with E-state index in [2.05, 4.69) is 20.5 Å². The number of anilines is 2. The lowest BCUT2D eigenvalue weighted by Gasteiger charge is -2.08. The molecule has 0 spiro atoms. The molecule has 0 aliphatic rings. The van der Waals surface area contributed by atoms with Crippen molar-refractivity contribution in [2.75, 3.05) is 17.6 Å². The number of rotatable bonds is 6. The van der Waals surface area contributed by atoms with Crippen molar-refractivity contribution in [3.05, 3.63) is 35.9 Å². The molecule has 0 amide bonds. The number of nitrogens with two attached hydrogens (primary N) is 1. The Morgan fingerprint density at radius 2 is 2.32 bits per heavy atom. The van der Waals surface area contributed by atoms with E-state index in [9.17, 15) is 4.79 Å². The van der Waals surface area contributed by atoms with Gasteiger partial charge in [-0.25, -0.2) is 4.98 Å². The number of benzene rings is 1. The van der Waals surface area contributed by atoms with Gasteiger partial charge in [-0.2, -0.15) is 5.10 Å². The molecule has 2 rings (SSSR count). The number of ketones is 1. The summed E-state index contributed by atoms with van der Waals surface area (Å²) in [6, 6.07) is 5.40. The predicted molar refractivity (Wildman–Crippen MR) is 74.1 cm³/mol. The first-order valence-electron chi connectivity index (χ1n) is 6.15. The van der Waals surface area contributed by atoms with E-state index in [1.165, 1.54) is 13.3 Å². The molecule has 6 nitrogen and oxygen atoms in total. The normalized spacial score (nSPS) is 10.4. The van der Waals surface area contributed by atoms with Crippen molar-refractivity contribution in [2.24, 2.45) is 0 Å². The number of aromatic nitrogens is 3. The van der Waals surface area contributed by atoms with Crippen LogP contribution in [0.15, 0.2) is 24.5 Å². The molecule has 0 saturated heterocycles. The average molecular weight is 259 g/mol. The minimum absolute atomic E-state index is 0.0252. The maximum atomic E-state index is 11.4. The molecule has 1 aromatic heterocycles. The fourth-order valence-electron chi connectivity index (χ4n) is 1.81. The van der Waals surface area contributed by atoms with Gasteiger partial charge in [-0.3, -0.25) is 9.89 Å². The zero-order chi connectivity index (χ0) is 13.7. The molecule has 0 aliphatic carbocycles. The first-order valence-corrected chi connectivity index (χ1v) is 6.15. The van der Waals surface area contributed by atoms with Gasteiger partial charge < -0.3 is 11.1 Å². The number of hydrogen-bond donors (Lipinski definition) is 3. The molecule has 100 valence electrons. The smallest absolute Gasteiger partial charge is 0.161 e. The number of aromatic amines is 1. The van der Waals surface area contributed by atoms with Crippen LogP contribution >= 0.6 is 0 Å². The van der Waals surface area contributed by atoms with Crippen molar-refractivity contribution < 1.29 is 4.79 Å². The number of nitrogen functional groups attached to an aromatic ring is 1. The zero-order valence-electron chi connectivity index (χ0n) is 10.8. The summed E-state index contributed by atoms with van der Waals surface area (Å²) < 4.78 is 0. The number of aryl methyl sites for hydroxylation is 1. The van der Waals surface area contributed by atoms with Crippen LogP contribution < -0.4 is 11.1 Å². The van der Waals surface area contributed by atoms with E-state index >= 15 is 0 Å². The number of carbonyl (C=O) groups excluding carboxylic acids is 1. The van der Waals surface area contributed by atoms with Crippen molar-refractivity contribution in [2.45, 2.75) is 19.8 Å². The maximum absolute atomic E-state index is 11.4. The van der Waals surface area contributed by atoms with Crippen LogP contribution in [0.1, 0.15) is 29.5 Å². The van der Waals surface area contributed by atoms with E-state index in [1.54, 1.807) is 12.1 Å². The second kappa shape index (κ2) is 5.99. The van der Waals surface area contributed by atoms with Crippen LogP contribution in [0.5, 0.6) is 0 Å². The third kappa shape index (κ3) is 3.54. The zero-order valence-corrected chi connectivity index (χ0v) is 10.8. The summed E-state index contributed by atoms with van der Waals surface area (Å²) in [6.45, 7) is 2.31. The third-order valence-electron chi connectivity index (χ3n) is 2.82. The van der Waals surface area contributed by atoms with Gasteiger partial charge in [0.05, 0.1) is 0 Å². The highest BCUT2D eigenvalue weighted by atomic mass is 16.1. The number of H-pyrrole nitrogens is 1. The Hall–Kier alpha value is -2.37. The first kappa shape index (κ1) is 13.1. The van der Waals surface area contributed by atoms with E-state index in [1.807, 2.05) is 6.07 Å². The van der Waals surface area contributed by atoms with Crippen LogP contribution in [0, 0.1) is 0 Å². The Morgan fingerprint density at radius 1 is 1.47 bits per heavy atom. The summed E-state index contributed by atoms with van der Waals surface area (Å²) in [4.78, 5) is 15.4. The molecule has 0 atom stereocenters. The first-order chi connectivity index (χ1) is 9.16. The number of hydrogen-bond acceptors (Lipinski definition) is 5. The molecule has 0 fully saturated rings. The van der Waals surface area contributed by atoms with Gasteiger partial charge >= 0.3 is 0 Å². The minimum Gasteiger partial charge on any atom is -0.398 e. The van der Waals surface area contributed by atoms with E-state index < -0.39 is 0 Å². The monoisotopic (exact) mass is 259 g/mol. The molecule has 0 aliphatic heterocycles. The van der Waals surface area contributed by atoms with Gasteiger partial charge in [0.2, 0.25) is 0 Å². The topological polar surface area (TPSA) is 96.7 Å². The van der Waals surface area contributed by atoms with Crippen molar-refractivity contribution in [1.29, 1.82) is 0 Å². The van der Waals surface area contributed by atoms with Gasteiger partial charge in [0.25, 0.3) is 0 Å². The Kier molecular flexibility index (Phi) is 4.12. The number of Topliss-reactive ketones (excluding diaryl/α,β-unsaturated/α-hetero) is 1. The van der Waals surface area contributed by atoms with Gasteiger partial charge in [-0.1, -0.05) is 0 Å².